The van der Waals surface area contributed by atoms with Crippen molar-refractivity contribution in [2.75, 3.05) is 16.8 Å². The fourth-order valence-electron chi connectivity index (χ4n) is 1.70. The van der Waals surface area contributed by atoms with Gasteiger partial charge < -0.3 is 0 Å². The van der Waals surface area contributed by atoms with Gasteiger partial charge in [-0.3, -0.25) is 9.69 Å². The van der Waals surface area contributed by atoms with E-state index >= 15 is 0 Å². The second kappa shape index (κ2) is 4.67. The largest absolute Gasteiger partial charge is 0.294 e. The number of hydrogen-bond acceptors (Lipinski definition) is 2. The first-order chi connectivity index (χ1) is 7.61. The molecule has 86 valence electrons. The summed E-state index contributed by atoms with van der Waals surface area (Å²) in [6, 6.07) is 1.17. The maximum atomic E-state index is 13.6. The topological polar surface area (TPSA) is 33.2 Å². The highest BCUT2D eigenvalue weighted by Crippen LogP contribution is 2.27. The molecule has 1 aliphatic rings. The van der Waals surface area contributed by atoms with Gasteiger partial charge in [-0.05, 0) is 12.0 Å². The summed E-state index contributed by atoms with van der Waals surface area (Å²) >= 11 is 8.92. The number of rotatable bonds is 2. The number of alkyl halides is 1. The molecule has 0 aromatic carbocycles. The third kappa shape index (κ3) is 2.20. The van der Waals surface area contributed by atoms with E-state index in [-0.39, 0.29) is 22.7 Å². The van der Waals surface area contributed by atoms with Crippen LogP contribution in [0.2, 0.25) is 5.02 Å². The summed E-state index contributed by atoms with van der Waals surface area (Å²) in [5.41, 5.74) is 0. The van der Waals surface area contributed by atoms with Gasteiger partial charge in [0.15, 0.2) is 11.6 Å². The molecule has 2 heterocycles. The Kier molecular flexibility index (Phi) is 3.44. The molecular weight excluding hydrogens is 298 g/mol. The van der Waals surface area contributed by atoms with E-state index in [1.54, 1.807) is 0 Å². The summed E-state index contributed by atoms with van der Waals surface area (Å²) in [6.07, 6.45) is 1.77. The van der Waals surface area contributed by atoms with Crippen molar-refractivity contribution in [3.05, 3.63) is 23.1 Å². The van der Waals surface area contributed by atoms with Crippen LogP contribution < -0.4 is 4.90 Å². The molecule has 1 amide bonds. The fourth-order valence-corrected chi connectivity index (χ4v) is 2.27. The lowest BCUT2D eigenvalue weighted by molar-refractivity contribution is -0.117. The van der Waals surface area contributed by atoms with E-state index in [0.717, 1.165) is 5.33 Å². The molecule has 1 aromatic heterocycles. The lowest BCUT2D eigenvalue weighted by Crippen LogP contribution is -2.26. The minimum absolute atomic E-state index is 0.0675. The van der Waals surface area contributed by atoms with Crippen LogP contribution in [0, 0.1) is 11.7 Å². The number of carbonyl (C=O) groups excluding carboxylic acids is 1. The van der Waals surface area contributed by atoms with E-state index in [4.69, 9.17) is 11.6 Å². The van der Waals surface area contributed by atoms with Crippen molar-refractivity contribution in [1.82, 2.24) is 4.98 Å². The third-order valence-corrected chi connectivity index (χ3v) is 3.59. The molecule has 2 rings (SSSR count). The van der Waals surface area contributed by atoms with E-state index in [1.807, 2.05) is 0 Å². The molecule has 1 atom stereocenters. The van der Waals surface area contributed by atoms with E-state index in [2.05, 4.69) is 20.9 Å². The van der Waals surface area contributed by atoms with Crippen molar-refractivity contribution in [2.24, 2.45) is 5.92 Å². The Morgan fingerprint density at radius 1 is 1.69 bits per heavy atom. The number of nitrogens with zero attached hydrogens (tertiary/aromatic N) is 2. The molecule has 3 nitrogen and oxygen atoms in total. The van der Waals surface area contributed by atoms with Gasteiger partial charge in [-0.15, -0.1) is 0 Å². The van der Waals surface area contributed by atoms with E-state index in [0.29, 0.717) is 13.0 Å². The van der Waals surface area contributed by atoms with Gasteiger partial charge in [-0.25, -0.2) is 9.37 Å². The maximum Gasteiger partial charge on any atom is 0.228 e. The monoisotopic (exact) mass is 306 g/mol. The fraction of sp³-hybridized carbons (Fsp3) is 0.400. The normalized spacial score (nSPS) is 20.6. The number of carbonyl (C=O) groups is 1. The SMILES string of the molecule is O=C1CC(CBr)CN1c1ncc(Cl)cc1F. The molecule has 0 bridgehead atoms. The molecule has 1 aromatic rings. The molecule has 1 fully saturated rings. The lowest BCUT2D eigenvalue weighted by Gasteiger charge is -2.15. The minimum atomic E-state index is -0.559. The van der Waals surface area contributed by atoms with Gasteiger partial charge in [0.1, 0.15) is 0 Å². The summed E-state index contributed by atoms with van der Waals surface area (Å²) in [6.45, 7) is 0.496. The zero-order valence-corrected chi connectivity index (χ0v) is 10.6. The summed E-state index contributed by atoms with van der Waals surface area (Å²) in [7, 11) is 0. The Hall–Kier alpha value is -0.680. The number of halogens is 3. The molecule has 1 unspecified atom stereocenters. The number of hydrogen-bond donors (Lipinski definition) is 0. The summed E-state index contributed by atoms with van der Waals surface area (Å²) in [5, 5.41) is 0.953. The highest BCUT2D eigenvalue weighted by atomic mass is 79.9. The van der Waals surface area contributed by atoms with Gasteiger partial charge in [0.2, 0.25) is 5.91 Å². The predicted molar refractivity (Wildman–Crippen MR) is 63.5 cm³/mol. The smallest absolute Gasteiger partial charge is 0.228 e. The van der Waals surface area contributed by atoms with Crippen LogP contribution >= 0.6 is 27.5 Å². The van der Waals surface area contributed by atoms with Crippen LogP contribution in [0.15, 0.2) is 12.3 Å². The average molecular weight is 308 g/mol. The van der Waals surface area contributed by atoms with Crippen LogP contribution in [0.25, 0.3) is 0 Å². The summed E-state index contributed by atoms with van der Waals surface area (Å²) in [5.74, 6) is -0.378. The van der Waals surface area contributed by atoms with Crippen LogP contribution in [0.3, 0.4) is 0 Å². The third-order valence-electron chi connectivity index (χ3n) is 2.47. The van der Waals surface area contributed by atoms with Gasteiger partial charge >= 0.3 is 0 Å². The number of pyridine rings is 1. The number of amides is 1. The van der Waals surface area contributed by atoms with Crippen molar-refractivity contribution in [1.29, 1.82) is 0 Å². The van der Waals surface area contributed by atoms with Crippen molar-refractivity contribution in [2.45, 2.75) is 6.42 Å². The van der Waals surface area contributed by atoms with Crippen LogP contribution in [0.4, 0.5) is 10.2 Å². The summed E-state index contributed by atoms with van der Waals surface area (Å²) in [4.78, 5) is 16.9. The van der Waals surface area contributed by atoms with Crippen molar-refractivity contribution in [3.8, 4) is 0 Å². The molecule has 1 aliphatic heterocycles. The first-order valence-corrected chi connectivity index (χ1v) is 6.29. The Labute approximate surface area is 106 Å². The van der Waals surface area contributed by atoms with Crippen molar-refractivity contribution < 1.29 is 9.18 Å². The van der Waals surface area contributed by atoms with Crippen LogP contribution in [0.1, 0.15) is 6.42 Å². The second-order valence-electron chi connectivity index (χ2n) is 3.69. The van der Waals surface area contributed by atoms with Gasteiger partial charge in [0.25, 0.3) is 0 Å². The predicted octanol–water partition coefficient (Wildman–Crippen LogP) is 2.62. The zero-order valence-electron chi connectivity index (χ0n) is 8.29. The Morgan fingerprint density at radius 3 is 3.00 bits per heavy atom. The Morgan fingerprint density at radius 2 is 2.44 bits per heavy atom. The van der Waals surface area contributed by atoms with Gasteiger partial charge in [0, 0.05) is 24.5 Å². The molecular formula is C10H9BrClFN2O. The van der Waals surface area contributed by atoms with Gasteiger partial charge in [-0.1, -0.05) is 27.5 Å². The lowest BCUT2D eigenvalue weighted by atomic mass is 10.2. The molecule has 6 heteroatoms. The Bertz CT molecular complexity index is 429. The average Bonchev–Trinajstić information content (AvgIpc) is 2.60. The first-order valence-electron chi connectivity index (χ1n) is 4.79. The van der Waals surface area contributed by atoms with E-state index < -0.39 is 5.82 Å². The standard InChI is InChI=1S/C10H9BrClFN2O/c11-3-6-1-9(16)15(5-6)10-8(13)2-7(12)4-14-10/h2,4,6H,1,3,5H2. The maximum absolute atomic E-state index is 13.6. The summed E-state index contributed by atoms with van der Waals surface area (Å²) < 4.78 is 13.6. The number of anilines is 1. The van der Waals surface area contributed by atoms with Crippen LogP contribution in [-0.2, 0) is 4.79 Å². The molecule has 0 aliphatic carbocycles. The zero-order chi connectivity index (χ0) is 11.7. The van der Waals surface area contributed by atoms with E-state index in [9.17, 15) is 9.18 Å². The van der Waals surface area contributed by atoms with Gasteiger partial charge in [-0.2, -0.15) is 0 Å². The van der Waals surface area contributed by atoms with Crippen molar-refractivity contribution >= 4 is 39.3 Å². The Balaban J connectivity index is 2.28. The first kappa shape index (κ1) is 11.8. The molecule has 0 saturated carbocycles. The van der Waals surface area contributed by atoms with E-state index in [1.165, 1.54) is 17.2 Å². The molecule has 0 N–H and O–H groups in total. The van der Waals surface area contributed by atoms with Crippen molar-refractivity contribution in [3.63, 3.8) is 0 Å². The molecule has 16 heavy (non-hydrogen) atoms. The highest BCUT2D eigenvalue weighted by Gasteiger charge is 2.32. The van der Waals surface area contributed by atoms with Crippen LogP contribution in [-0.4, -0.2) is 22.8 Å². The molecule has 0 spiro atoms. The quantitative estimate of drug-likeness (QED) is 0.787. The molecule has 1 saturated heterocycles. The minimum Gasteiger partial charge on any atom is -0.294 e. The van der Waals surface area contributed by atoms with Crippen LogP contribution in [0.5, 0.6) is 0 Å². The highest BCUT2D eigenvalue weighted by molar-refractivity contribution is 9.09. The second-order valence-corrected chi connectivity index (χ2v) is 4.77. The number of aromatic nitrogens is 1. The van der Waals surface area contributed by atoms with Gasteiger partial charge in [0.05, 0.1) is 5.02 Å². The molecule has 0 radical (unpaired) electrons.